The number of hydrogen-bond acceptors (Lipinski definition) is 3. The van der Waals surface area contributed by atoms with Crippen molar-refractivity contribution >= 4 is 8.80 Å². The maximum absolute atomic E-state index is 5.95. The number of hydrogen-bond donors (Lipinski definition) is 0. The van der Waals surface area contributed by atoms with Crippen LogP contribution in [0.25, 0.3) is 0 Å². The summed E-state index contributed by atoms with van der Waals surface area (Å²) in [5.74, 6) is 0. The largest absolute Gasteiger partial charge is 0.508 e. The molecule has 0 saturated carbocycles. The van der Waals surface area contributed by atoms with E-state index in [1.807, 2.05) is 20.8 Å². The summed E-state index contributed by atoms with van der Waals surface area (Å²) in [6.45, 7) is 12.0. The molecule has 0 aliphatic carbocycles. The maximum atomic E-state index is 5.95. The number of aryl methyl sites for hydroxylation is 1. The van der Waals surface area contributed by atoms with Crippen LogP contribution in [-0.2, 0) is 13.3 Å². The molecule has 1 aromatic rings. The molecular formula is C15H26O3Si. The van der Waals surface area contributed by atoms with Crippen molar-refractivity contribution in [2.45, 2.75) is 40.2 Å². The highest BCUT2D eigenvalue weighted by Gasteiger charge is 2.47. The standard InChI is InChI=1S/C15H26O3Si/c1-6-16-19(17-7-2,18-8-3)14(5)15-11-9-13(4)10-12-15/h9-12,14H,6-8H2,1-5H3. The van der Waals surface area contributed by atoms with Crippen LogP contribution in [0.3, 0.4) is 0 Å². The summed E-state index contributed by atoms with van der Waals surface area (Å²) in [5, 5.41) is 0. The molecule has 0 saturated heterocycles. The molecular weight excluding hydrogens is 256 g/mol. The first-order chi connectivity index (χ1) is 9.09. The monoisotopic (exact) mass is 282 g/mol. The third kappa shape index (κ3) is 4.14. The van der Waals surface area contributed by atoms with E-state index in [-0.39, 0.29) is 5.54 Å². The van der Waals surface area contributed by atoms with Crippen molar-refractivity contribution in [2.24, 2.45) is 0 Å². The lowest BCUT2D eigenvalue weighted by Crippen LogP contribution is -2.51. The van der Waals surface area contributed by atoms with Crippen LogP contribution in [0.4, 0.5) is 0 Å². The quantitative estimate of drug-likeness (QED) is 0.681. The van der Waals surface area contributed by atoms with Gasteiger partial charge in [0.05, 0.1) is 5.54 Å². The van der Waals surface area contributed by atoms with Crippen LogP contribution in [-0.4, -0.2) is 28.6 Å². The molecule has 0 amide bonds. The fourth-order valence-corrected chi connectivity index (χ4v) is 4.97. The highest BCUT2D eigenvalue weighted by Crippen LogP contribution is 2.30. The highest BCUT2D eigenvalue weighted by molar-refractivity contribution is 6.62. The van der Waals surface area contributed by atoms with E-state index in [0.29, 0.717) is 19.8 Å². The Morgan fingerprint density at radius 3 is 1.68 bits per heavy atom. The maximum Gasteiger partial charge on any atom is 0.508 e. The van der Waals surface area contributed by atoms with E-state index >= 15 is 0 Å². The highest BCUT2D eigenvalue weighted by atomic mass is 28.4. The van der Waals surface area contributed by atoms with Gasteiger partial charge in [-0.1, -0.05) is 36.8 Å². The molecule has 1 unspecified atom stereocenters. The van der Waals surface area contributed by atoms with Crippen molar-refractivity contribution in [1.29, 1.82) is 0 Å². The summed E-state index contributed by atoms with van der Waals surface area (Å²) in [5.41, 5.74) is 2.62. The van der Waals surface area contributed by atoms with Gasteiger partial charge in [-0.25, -0.2) is 0 Å². The lowest BCUT2D eigenvalue weighted by molar-refractivity contribution is 0.0633. The molecule has 0 fully saturated rings. The smallest absolute Gasteiger partial charge is 0.373 e. The van der Waals surface area contributed by atoms with Gasteiger partial charge in [-0.3, -0.25) is 0 Å². The van der Waals surface area contributed by atoms with Gasteiger partial charge in [0, 0.05) is 19.8 Å². The van der Waals surface area contributed by atoms with Crippen molar-refractivity contribution < 1.29 is 13.3 Å². The van der Waals surface area contributed by atoms with Gasteiger partial charge in [0.15, 0.2) is 0 Å². The van der Waals surface area contributed by atoms with Gasteiger partial charge >= 0.3 is 8.80 Å². The summed E-state index contributed by atoms with van der Waals surface area (Å²) < 4.78 is 17.9. The Balaban J connectivity index is 3.03. The van der Waals surface area contributed by atoms with Gasteiger partial charge < -0.3 is 13.3 Å². The van der Waals surface area contributed by atoms with Crippen molar-refractivity contribution in [2.75, 3.05) is 19.8 Å². The first-order valence-corrected chi connectivity index (χ1v) is 8.88. The van der Waals surface area contributed by atoms with E-state index in [9.17, 15) is 0 Å². The molecule has 19 heavy (non-hydrogen) atoms. The van der Waals surface area contributed by atoms with Gasteiger partial charge in [-0.2, -0.15) is 0 Å². The molecule has 4 heteroatoms. The predicted molar refractivity (Wildman–Crippen MR) is 80.2 cm³/mol. The van der Waals surface area contributed by atoms with Crippen molar-refractivity contribution in [3.8, 4) is 0 Å². The van der Waals surface area contributed by atoms with E-state index in [1.165, 1.54) is 11.1 Å². The normalized spacial score (nSPS) is 13.5. The number of benzene rings is 1. The van der Waals surface area contributed by atoms with E-state index in [4.69, 9.17) is 13.3 Å². The van der Waals surface area contributed by atoms with Crippen LogP contribution in [0.15, 0.2) is 24.3 Å². The molecule has 1 rings (SSSR count). The lowest BCUT2D eigenvalue weighted by Gasteiger charge is -2.33. The first kappa shape index (κ1) is 16.4. The molecule has 3 nitrogen and oxygen atoms in total. The SMILES string of the molecule is CCO[Si](OCC)(OCC)C(C)c1ccc(C)cc1. The molecule has 0 aromatic heterocycles. The number of rotatable bonds is 8. The summed E-state index contributed by atoms with van der Waals surface area (Å²) in [6, 6.07) is 8.52. The third-order valence-electron chi connectivity index (χ3n) is 3.14. The minimum atomic E-state index is -2.66. The Bertz CT molecular complexity index is 347. The fraction of sp³-hybridized carbons (Fsp3) is 0.600. The topological polar surface area (TPSA) is 27.7 Å². The summed E-state index contributed by atoms with van der Waals surface area (Å²) in [6.07, 6.45) is 0. The van der Waals surface area contributed by atoms with E-state index < -0.39 is 8.80 Å². The minimum absolute atomic E-state index is 0.146. The van der Waals surface area contributed by atoms with Crippen LogP contribution in [0.1, 0.15) is 44.4 Å². The van der Waals surface area contributed by atoms with Crippen LogP contribution in [0, 0.1) is 6.92 Å². The minimum Gasteiger partial charge on any atom is -0.373 e. The molecule has 1 atom stereocenters. The van der Waals surface area contributed by atoms with Crippen molar-refractivity contribution in [1.82, 2.24) is 0 Å². The molecule has 0 aliphatic heterocycles. The van der Waals surface area contributed by atoms with Gasteiger partial charge in [0.25, 0.3) is 0 Å². The zero-order valence-corrected chi connectivity index (χ0v) is 13.7. The molecule has 0 spiro atoms. The van der Waals surface area contributed by atoms with E-state index in [2.05, 4.69) is 38.1 Å². The molecule has 0 radical (unpaired) electrons. The zero-order valence-electron chi connectivity index (χ0n) is 12.7. The molecule has 0 N–H and O–H groups in total. The third-order valence-corrected chi connectivity index (χ3v) is 6.61. The second-order valence-corrected chi connectivity index (χ2v) is 7.47. The van der Waals surface area contributed by atoms with Gasteiger partial charge in [0.1, 0.15) is 0 Å². The molecule has 0 bridgehead atoms. The second-order valence-electron chi connectivity index (χ2n) is 4.53. The molecule has 108 valence electrons. The summed E-state index contributed by atoms with van der Waals surface area (Å²) >= 11 is 0. The lowest BCUT2D eigenvalue weighted by atomic mass is 10.1. The van der Waals surface area contributed by atoms with Gasteiger partial charge in [-0.05, 0) is 33.3 Å². The van der Waals surface area contributed by atoms with Gasteiger partial charge in [-0.15, -0.1) is 0 Å². The Hall–Kier alpha value is -0.683. The Labute approximate surface area is 118 Å². The van der Waals surface area contributed by atoms with Gasteiger partial charge in [0.2, 0.25) is 0 Å². The average Bonchev–Trinajstić information content (AvgIpc) is 2.39. The second kappa shape index (κ2) is 7.80. The van der Waals surface area contributed by atoms with Crippen LogP contribution in [0.5, 0.6) is 0 Å². The molecule has 0 heterocycles. The van der Waals surface area contributed by atoms with Crippen LogP contribution in [0.2, 0.25) is 0 Å². The van der Waals surface area contributed by atoms with Crippen LogP contribution < -0.4 is 0 Å². The summed E-state index contributed by atoms with van der Waals surface area (Å²) in [7, 11) is -2.66. The Kier molecular flexibility index (Phi) is 6.72. The predicted octanol–water partition coefficient (Wildman–Crippen LogP) is 3.69. The van der Waals surface area contributed by atoms with E-state index in [1.54, 1.807) is 0 Å². The van der Waals surface area contributed by atoms with E-state index in [0.717, 1.165) is 0 Å². The average molecular weight is 282 g/mol. The van der Waals surface area contributed by atoms with Crippen molar-refractivity contribution in [3.05, 3.63) is 35.4 Å². The fourth-order valence-electron chi connectivity index (χ4n) is 2.16. The Morgan fingerprint density at radius 2 is 1.32 bits per heavy atom. The Morgan fingerprint density at radius 1 is 0.895 bits per heavy atom. The first-order valence-electron chi connectivity index (χ1n) is 7.08. The zero-order chi connectivity index (χ0) is 14.3. The molecule has 0 aliphatic rings. The van der Waals surface area contributed by atoms with Crippen LogP contribution >= 0.6 is 0 Å². The van der Waals surface area contributed by atoms with Crippen molar-refractivity contribution in [3.63, 3.8) is 0 Å². The molecule has 1 aromatic carbocycles. The summed E-state index contributed by atoms with van der Waals surface area (Å²) in [4.78, 5) is 0.